The number of thioether (sulfide) groups is 1. The quantitative estimate of drug-likeness (QED) is 0.0204. The molecule has 376 valence electrons. The van der Waals surface area contributed by atoms with Gasteiger partial charge in [-0.3, -0.25) is 4.99 Å². The molecule has 1 aliphatic heterocycles. The number of carbonyl (C=O) groups is 1. The Morgan fingerprint density at radius 3 is 1.74 bits per heavy atom. The van der Waals surface area contributed by atoms with E-state index in [0.29, 0.717) is 55.8 Å². The van der Waals surface area contributed by atoms with Crippen molar-refractivity contribution in [3.8, 4) is 29.8 Å². The van der Waals surface area contributed by atoms with Crippen LogP contribution < -0.4 is 46.8 Å². The summed E-state index contributed by atoms with van der Waals surface area (Å²) in [5.41, 5.74) is 19.9. The molecule has 0 radical (unpaired) electrons. The van der Waals surface area contributed by atoms with Gasteiger partial charge in [0, 0.05) is 72.8 Å². The first-order valence-electron chi connectivity index (χ1n) is 19.2. The number of aromatic nitrogens is 3. The zero-order chi connectivity index (χ0) is 52.7. The zero-order valence-corrected chi connectivity index (χ0v) is 46.1. The van der Waals surface area contributed by atoms with Crippen LogP contribution in [0.25, 0.3) is 17.6 Å². The molecule has 7 rings (SSSR count). The van der Waals surface area contributed by atoms with E-state index in [1.165, 1.54) is 6.33 Å². The summed E-state index contributed by atoms with van der Waals surface area (Å²) in [6.45, 7) is 0.821. The van der Waals surface area contributed by atoms with Crippen molar-refractivity contribution in [1.29, 1.82) is 5.26 Å². The number of aldehydes is 1. The second-order valence-electron chi connectivity index (χ2n) is 12.7. The van der Waals surface area contributed by atoms with Gasteiger partial charge in [-0.25, -0.2) is 14.7 Å². The number of alkyl halides is 6. The van der Waals surface area contributed by atoms with Crippen LogP contribution in [0.3, 0.4) is 0 Å². The van der Waals surface area contributed by atoms with Gasteiger partial charge in [-0.1, -0.05) is 125 Å². The van der Waals surface area contributed by atoms with E-state index < -0.39 is 12.4 Å². The Bertz CT molecular complexity index is 2750. The maximum absolute atomic E-state index is 12.0. The van der Waals surface area contributed by atoms with E-state index >= 15 is 0 Å². The number of rotatable bonds is 7. The molecule has 6 N–H and O–H groups in total. The zero-order valence-electron chi connectivity index (χ0n) is 37.7. The molecule has 1 aliphatic rings. The number of nitrogens with zero attached hydrogens (tertiary/aromatic N) is 6. The number of benzene rings is 5. The predicted octanol–water partition coefficient (Wildman–Crippen LogP) is 9.71. The van der Waals surface area contributed by atoms with Gasteiger partial charge in [-0.05, 0) is 78.5 Å². The van der Waals surface area contributed by atoms with Crippen molar-refractivity contribution in [2.45, 2.75) is 17.7 Å². The fraction of sp³-hybridized carbons (Fsp3) is 0.128. The standard InChI is InChI=1S/C11H7ClF3N3.C9H7ClN2.C8H10ClNS.C7H6ClNS.C7H4ClN.C3HF3.C2H5NO.Na.H2S/c12-9-3-1-2-8(6-9)10-16-7-18(17-10)5-4-11(13,14)15;10-8-3-1-2-7(6-8)9-11-4-5-12-9;1-11-8(10)6-3-2-4-7(9)5-6;8-6-3-1-2-5(4-6)7(9)10;8-7-3-1-2-6(4-7)5-9;1-2-3(4,5)6;3-1-2-4;;/h1-7H;1-4,6H,5H2;2-5,8H,10H2,1H3;1-4H,(H2,9,10);1-4H;1H;2H,1,3H2;;1H2/q;;;;;;;+1;/p-1/b5-4-;;;;;;;;. The van der Waals surface area contributed by atoms with Crippen LogP contribution in [-0.2, 0) is 18.3 Å². The maximum Gasteiger partial charge on any atom is 1.00 e. The number of hydrogen-bond donors (Lipinski definition) is 3. The van der Waals surface area contributed by atoms with Gasteiger partial charge < -0.3 is 35.5 Å². The van der Waals surface area contributed by atoms with E-state index in [0.717, 1.165) is 43.5 Å². The number of halogens is 11. The molecule has 6 aromatic rings. The molecule has 1 aromatic heterocycles. The molecule has 5 aromatic carbocycles. The predicted molar refractivity (Wildman–Crippen MR) is 287 cm³/mol. The third kappa shape index (κ3) is 32.6. The van der Waals surface area contributed by atoms with Gasteiger partial charge in [0.15, 0.2) is 11.7 Å². The number of aliphatic imine (C=N–C) groups is 2. The van der Waals surface area contributed by atoms with Crippen molar-refractivity contribution in [2.75, 3.05) is 19.3 Å². The van der Waals surface area contributed by atoms with Crippen LogP contribution in [0.15, 0.2) is 144 Å². The van der Waals surface area contributed by atoms with Gasteiger partial charge in [0.25, 0.3) is 0 Å². The van der Waals surface area contributed by atoms with E-state index in [-0.39, 0.29) is 61.0 Å². The first-order valence-corrected chi connectivity index (χ1v) is 22.8. The van der Waals surface area contributed by atoms with E-state index in [1.807, 2.05) is 73.0 Å². The van der Waals surface area contributed by atoms with Gasteiger partial charge >= 0.3 is 41.9 Å². The molecule has 0 aliphatic carbocycles. The number of nitrogens with two attached hydrogens (primary N) is 3. The monoisotopic (exact) mass is 1160 g/mol. The van der Waals surface area contributed by atoms with Crippen molar-refractivity contribution >= 4 is 125 Å². The van der Waals surface area contributed by atoms with Crippen molar-refractivity contribution in [1.82, 2.24) is 14.8 Å². The molecular formula is C47H41Cl5F6N9NaOS3. The molecule has 0 amide bonds. The molecule has 0 spiro atoms. The summed E-state index contributed by atoms with van der Waals surface area (Å²) in [7, 11) is 0. The number of allylic oxidation sites excluding steroid dienone is 1. The Labute approximate surface area is 476 Å². The van der Waals surface area contributed by atoms with Crippen LogP contribution >= 0.6 is 82.0 Å². The molecule has 2 heterocycles. The van der Waals surface area contributed by atoms with E-state index in [1.54, 1.807) is 78.6 Å². The third-order valence-electron chi connectivity index (χ3n) is 7.38. The molecular weight excluding hydrogens is 1120 g/mol. The fourth-order valence-electron chi connectivity index (χ4n) is 4.38. The molecule has 0 saturated carbocycles. The summed E-state index contributed by atoms with van der Waals surface area (Å²) in [6, 6.07) is 37.9. The average Bonchev–Trinajstić information content (AvgIpc) is 4.06. The van der Waals surface area contributed by atoms with Gasteiger partial charge in [0.2, 0.25) is 0 Å². The Hall–Kier alpha value is -4.42. The van der Waals surface area contributed by atoms with Crippen molar-refractivity contribution < 1.29 is 60.7 Å². The van der Waals surface area contributed by atoms with E-state index in [2.05, 4.69) is 32.2 Å². The van der Waals surface area contributed by atoms with Crippen LogP contribution in [0.5, 0.6) is 0 Å². The molecule has 72 heavy (non-hydrogen) atoms. The summed E-state index contributed by atoms with van der Waals surface area (Å²) in [5.74, 6) is 1.69. The molecule has 0 saturated heterocycles. The molecule has 25 heteroatoms. The third-order valence-corrected chi connectivity index (χ3v) is 9.57. The number of carbonyl (C=O) groups excluding carboxylic acids is 1. The van der Waals surface area contributed by atoms with Gasteiger partial charge in [-0.2, -0.15) is 31.6 Å². The van der Waals surface area contributed by atoms with Crippen molar-refractivity contribution in [3.63, 3.8) is 0 Å². The number of thiocarbonyl (C=S) groups is 1. The van der Waals surface area contributed by atoms with Crippen LogP contribution in [-0.4, -0.2) is 69.8 Å². The van der Waals surface area contributed by atoms with Crippen molar-refractivity contribution in [2.24, 2.45) is 27.2 Å². The van der Waals surface area contributed by atoms with Crippen LogP contribution in [0.1, 0.15) is 27.6 Å². The summed E-state index contributed by atoms with van der Waals surface area (Å²) in [6.07, 6.45) is 1.62. The molecule has 10 nitrogen and oxygen atoms in total. The summed E-state index contributed by atoms with van der Waals surface area (Å²) in [5, 5.41) is 15.5. The first kappa shape index (κ1) is 69.7. The summed E-state index contributed by atoms with van der Waals surface area (Å²) in [4.78, 5) is 21.6. The molecule has 1 atom stereocenters. The number of hydrogen-bond acceptors (Lipinski definition) is 11. The fourth-order valence-corrected chi connectivity index (χ4v) is 5.88. The summed E-state index contributed by atoms with van der Waals surface area (Å²) >= 11 is 35.0. The number of nitriles is 1. The molecule has 0 fully saturated rings. The minimum Gasteiger partial charge on any atom is -0.813 e. The Morgan fingerprint density at radius 1 is 0.847 bits per heavy atom. The van der Waals surface area contributed by atoms with Gasteiger partial charge in [0.05, 0.1) is 23.6 Å². The van der Waals surface area contributed by atoms with Gasteiger partial charge in [0.1, 0.15) is 17.6 Å². The van der Waals surface area contributed by atoms with Crippen LogP contribution in [0.4, 0.5) is 26.3 Å². The SMILES string of the molecule is C#CC(F)(F)F.CSC(N)c1cccc(Cl)c1.Clc1cccc(C2=NCC=N2)c1.FC(F)(F)/C=C\n1cnc(-c2cccc(Cl)c2)n1.N#Cc1cccc(Cl)c1.NC(=S)c1cccc(Cl)c1.NCC=O.[Na+].[SH-]. The minimum atomic E-state index is -4.43. The topological polar surface area (TPSA) is 174 Å². The number of amidine groups is 1. The Kier molecular flexibility index (Phi) is 37.0. The van der Waals surface area contributed by atoms with Crippen LogP contribution in [0.2, 0.25) is 25.1 Å². The Morgan fingerprint density at radius 2 is 1.33 bits per heavy atom. The first-order chi connectivity index (χ1) is 33.0. The van der Waals surface area contributed by atoms with Crippen molar-refractivity contribution in [3.05, 3.63) is 181 Å². The normalized spacial score (nSPS) is 11.1. The number of terminal acetylenes is 1. The number of thiol groups is 1. The second kappa shape index (κ2) is 38.2. The molecule has 1 unspecified atom stereocenters. The van der Waals surface area contributed by atoms with E-state index in [4.69, 9.17) is 91.7 Å². The summed E-state index contributed by atoms with van der Waals surface area (Å²) < 4.78 is 68.5. The molecule has 0 bridgehead atoms. The van der Waals surface area contributed by atoms with E-state index in [9.17, 15) is 26.3 Å². The largest absolute Gasteiger partial charge is 1.00 e. The Balaban J connectivity index is 0. The smallest absolute Gasteiger partial charge is 0.813 e. The second-order valence-corrected chi connectivity index (χ2v) is 16.3. The maximum atomic E-state index is 12.0. The average molecular weight is 1160 g/mol. The van der Waals surface area contributed by atoms with Gasteiger partial charge in [-0.15, -0.1) is 23.3 Å². The minimum absolute atomic E-state index is 0. The van der Waals surface area contributed by atoms with Crippen LogP contribution in [0, 0.1) is 23.7 Å².